The number of rotatable bonds is 3. The van der Waals surface area contributed by atoms with E-state index in [0.29, 0.717) is 11.8 Å². The number of ether oxygens (including phenoxy) is 1. The van der Waals surface area contributed by atoms with E-state index in [9.17, 15) is 4.79 Å². The number of pyridine rings is 1. The number of aromatic nitrogens is 1. The van der Waals surface area contributed by atoms with Crippen molar-refractivity contribution >= 4 is 5.97 Å². The van der Waals surface area contributed by atoms with Crippen molar-refractivity contribution in [1.82, 2.24) is 4.98 Å². The van der Waals surface area contributed by atoms with Gasteiger partial charge in [-0.15, -0.1) is 0 Å². The van der Waals surface area contributed by atoms with Crippen LogP contribution in [0.15, 0.2) is 18.2 Å². The number of fused-ring (bicyclic) bond motifs is 2. The van der Waals surface area contributed by atoms with Gasteiger partial charge in [0.1, 0.15) is 6.10 Å². The predicted octanol–water partition coefficient (Wildman–Crippen LogP) is 3.37. The molecule has 1 heterocycles. The molecule has 0 aliphatic heterocycles. The summed E-state index contributed by atoms with van der Waals surface area (Å²) in [6.45, 7) is 6.95. The van der Waals surface area contributed by atoms with E-state index in [-0.39, 0.29) is 22.6 Å². The molecule has 0 amide bonds. The van der Waals surface area contributed by atoms with Gasteiger partial charge in [-0.3, -0.25) is 0 Å². The molecule has 108 valence electrons. The first-order valence-corrected chi connectivity index (χ1v) is 7.21. The number of carbonyl (C=O) groups is 1. The van der Waals surface area contributed by atoms with Crippen molar-refractivity contribution in [2.24, 2.45) is 16.7 Å². The third-order valence-corrected chi connectivity index (χ3v) is 5.92. The molecule has 1 aromatic rings. The van der Waals surface area contributed by atoms with Gasteiger partial charge in [0.05, 0.1) is 0 Å². The van der Waals surface area contributed by atoms with Crippen LogP contribution >= 0.6 is 0 Å². The first-order chi connectivity index (χ1) is 9.34. The van der Waals surface area contributed by atoms with Crippen molar-refractivity contribution < 1.29 is 14.6 Å². The van der Waals surface area contributed by atoms with Crippen LogP contribution in [-0.4, -0.2) is 22.2 Å². The minimum atomic E-state index is -1.02. The van der Waals surface area contributed by atoms with E-state index >= 15 is 0 Å². The molecule has 2 saturated carbocycles. The summed E-state index contributed by atoms with van der Waals surface area (Å²) in [6.07, 6.45) is 3.62. The van der Waals surface area contributed by atoms with Crippen LogP contribution in [0.4, 0.5) is 0 Å². The van der Waals surface area contributed by atoms with Crippen LogP contribution in [0.2, 0.25) is 0 Å². The van der Waals surface area contributed by atoms with Gasteiger partial charge >= 0.3 is 5.97 Å². The number of nitrogens with zero attached hydrogens (tertiary/aromatic N) is 1. The van der Waals surface area contributed by atoms with E-state index in [1.54, 1.807) is 12.1 Å². The average Bonchev–Trinajstić information content (AvgIpc) is 2.72. The average molecular weight is 275 g/mol. The second kappa shape index (κ2) is 4.21. The van der Waals surface area contributed by atoms with Gasteiger partial charge in [0.15, 0.2) is 5.69 Å². The summed E-state index contributed by atoms with van der Waals surface area (Å²) in [6, 6.07) is 4.92. The normalized spacial score (nSPS) is 34.1. The lowest BCUT2D eigenvalue weighted by atomic mass is 9.70. The Bertz CT molecular complexity index is 554. The third-order valence-electron chi connectivity index (χ3n) is 5.92. The Morgan fingerprint density at radius 3 is 2.70 bits per heavy atom. The lowest BCUT2D eigenvalue weighted by molar-refractivity contribution is 0.0270. The first-order valence-electron chi connectivity index (χ1n) is 7.21. The van der Waals surface area contributed by atoms with Gasteiger partial charge in [0, 0.05) is 11.5 Å². The highest BCUT2D eigenvalue weighted by Crippen LogP contribution is 2.66. The molecule has 4 nitrogen and oxygen atoms in total. The van der Waals surface area contributed by atoms with Crippen molar-refractivity contribution in [3.8, 4) is 5.88 Å². The fraction of sp³-hybridized carbons (Fsp3) is 0.625. The molecular formula is C16H21NO3. The number of hydrogen-bond acceptors (Lipinski definition) is 3. The number of carboxylic acids is 1. The maximum atomic E-state index is 11.0. The van der Waals surface area contributed by atoms with Crippen molar-refractivity contribution in [3.63, 3.8) is 0 Å². The van der Waals surface area contributed by atoms with Crippen LogP contribution in [0.25, 0.3) is 0 Å². The smallest absolute Gasteiger partial charge is 0.354 e. The van der Waals surface area contributed by atoms with Crippen LogP contribution in [0.3, 0.4) is 0 Å². The summed E-state index contributed by atoms with van der Waals surface area (Å²) in [4.78, 5) is 15.0. The van der Waals surface area contributed by atoms with Crippen molar-refractivity contribution in [2.45, 2.75) is 46.1 Å². The zero-order valence-electron chi connectivity index (χ0n) is 12.2. The van der Waals surface area contributed by atoms with E-state index in [1.165, 1.54) is 18.9 Å². The molecule has 1 N–H and O–H groups in total. The summed E-state index contributed by atoms with van der Waals surface area (Å²) in [7, 11) is 0. The van der Waals surface area contributed by atoms with Crippen LogP contribution in [0.5, 0.6) is 5.88 Å². The molecule has 2 aliphatic carbocycles. The SMILES string of the molecule is CC1(C)C2CCC1(C)C(Oc1cccc(C(=O)O)n1)C2. The quantitative estimate of drug-likeness (QED) is 0.918. The lowest BCUT2D eigenvalue weighted by Crippen LogP contribution is -2.39. The molecule has 0 spiro atoms. The lowest BCUT2D eigenvalue weighted by Gasteiger charge is -2.38. The Morgan fingerprint density at radius 2 is 2.15 bits per heavy atom. The second-order valence-electron chi connectivity index (χ2n) is 6.88. The molecule has 0 saturated heterocycles. The fourth-order valence-electron chi connectivity index (χ4n) is 4.05. The Morgan fingerprint density at radius 1 is 1.40 bits per heavy atom. The molecule has 3 rings (SSSR count). The highest BCUT2D eigenvalue weighted by atomic mass is 16.5. The van der Waals surface area contributed by atoms with Crippen molar-refractivity contribution in [3.05, 3.63) is 23.9 Å². The van der Waals surface area contributed by atoms with Crippen LogP contribution in [0, 0.1) is 16.7 Å². The molecule has 2 bridgehead atoms. The summed E-state index contributed by atoms with van der Waals surface area (Å²) < 4.78 is 6.06. The standard InChI is InChI=1S/C16H21NO3/c1-15(2)10-7-8-16(15,3)12(9-10)20-13-6-4-5-11(17-13)14(18)19/h4-6,10,12H,7-9H2,1-3H3,(H,18,19). The topological polar surface area (TPSA) is 59.4 Å². The van der Waals surface area contributed by atoms with Gasteiger partial charge in [0.25, 0.3) is 0 Å². The second-order valence-corrected chi connectivity index (χ2v) is 6.88. The van der Waals surface area contributed by atoms with Crippen LogP contribution in [-0.2, 0) is 0 Å². The Labute approximate surface area is 119 Å². The van der Waals surface area contributed by atoms with Crippen LogP contribution in [0.1, 0.15) is 50.5 Å². The van der Waals surface area contributed by atoms with Gasteiger partial charge in [-0.2, -0.15) is 0 Å². The number of aromatic carboxylic acids is 1. The zero-order chi connectivity index (χ0) is 14.5. The maximum absolute atomic E-state index is 11.0. The Kier molecular flexibility index (Phi) is 2.82. The molecule has 3 unspecified atom stereocenters. The molecule has 2 fully saturated rings. The van der Waals surface area contributed by atoms with E-state index in [2.05, 4.69) is 25.8 Å². The molecular weight excluding hydrogens is 254 g/mol. The van der Waals surface area contributed by atoms with E-state index < -0.39 is 5.97 Å². The van der Waals surface area contributed by atoms with Gasteiger partial charge in [0.2, 0.25) is 5.88 Å². The Balaban J connectivity index is 1.83. The highest BCUT2D eigenvalue weighted by molar-refractivity contribution is 5.85. The predicted molar refractivity (Wildman–Crippen MR) is 74.8 cm³/mol. The molecule has 0 radical (unpaired) electrons. The summed E-state index contributed by atoms with van der Waals surface area (Å²) in [5.74, 6) is 0.106. The van der Waals surface area contributed by atoms with Crippen molar-refractivity contribution in [2.75, 3.05) is 0 Å². The summed E-state index contributed by atoms with van der Waals surface area (Å²) >= 11 is 0. The van der Waals surface area contributed by atoms with Gasteiger partial charge in [-0.25, -0.2) is 9.78 Å². The minimum Gasteiger partial charge on any atom is -0.477 e. The van der Waals surface area contributed by atoms with Crippen LogP contribution < -0.4 is 4.74 Å². The maximum Gasteiger partial charge on any atom is 0.354 e. The molecule has 1 aromatic heterocycles. The van der Waals surface area contributed by atoms with Crippen molar-refractivity contribution in [1.29, 1.82) is 0 Å². The van der Waals surface area contributed by atoms with E-state index in [0.717, 1.165) is 6.42 Å². The fourth-order valence-corrected chi connectivity index (χ4v) is 4.05. The third kappa shape index (κ3) is 1.74. The zero-order valence-corrected chi connectivity index (χ0v) is 12.2. The first kappa shape index (κ1) is 13.4. The highest BCUT2D eigenvalue weighted by Gasteiger charge is 2.62. The molecule has 4 heteroatoms. The summed E-state index contributed by atoms with van der Waals surface area (Å²) in [5, 5.41) is 8.99. The molecule has 2 aliphatic rings. The number of carboxylic acid groups (broad SMARTS) is 1. The van der Waals surface area contributed by atoms with E-state index in [4.69, 9.17) is 9.84 Å². The molecule has 3 atom stereocenters. The van der Waals surface area contributed by atoms with E-state index in [1.807, 2.05) is 0 Å². The minimum absolute atomic E-state index is 0.0371. The monoisotopic (exact) mass is 275 g/mol. The largest absolute Gasteiger partial charge is 0.477 e. The van der Waals surface area contributed by atoms with Gasteiger partial charge in [-0.05, 0) is 36.7 Å². The van der Waals surface area contributed by atoms with Gasteiger partial charge in [-0.1, -0.05) is 26.8 Å². The van der Waals surface area contributed by atoms with Gasteiger partial charge < -0.3 is 9.84 Å². The summed E-state index contributed by atoms with van der Waals surface area (Å²) in [5.41, 5.74) is 0.468. The molecule has 0 aromatic carbocycles. The number of hydrogen-bond donors (Lipinski definition) is 1. The Hall–Kier alpha value is -1.58. The molecule has 20 heavy (non-hydrogen) atoms.